The van der Waals surface area contributed by atoms with Gasteiger partial charge in [-0.15, -0.1) is 12.4 Å². The lowest BCUT2D eigenvalue weighted by Crippen LogP contribution is -2.34. The van der Waals surface area contributed by atoms with Gasteiger partial charge in [-0.2, -0.15) is 0 Å². The van der Waals surface area contributed by atoms with Gasteiger partial charge in [0.2, 0.25) is 0 Å². The summed E-state index contributed by atoms with van der Waals surface area (Å²) < 4.78 is 6.06. The van der Waals surface area contributed by atoms with Gasteiger partial charge < -0.3 is 10.1 Å². The Bertz CT molecular complexity index is 556. The van der Waals surface area contributed by atoms with Crippen LogP contribution in [-0.2, 0) is 0 Å². The molecule has 0 bridgehead atoms. The molecule has 1 fully saturated rings. The molecule has 2 heterocycles. The summed E-state index contributed by atoms with van der Waals surface area (Å²) >= 11 is 6.17. The van der Waals surface area contributed by atoms with E-state index in [1.165, 1.54) is 0 Å². The Labute approximate surface area is 123 Å². The van der Waals surface area contributed by atoms with E-state index >= 15 is 0 Å². The molecule has 1 aliphatic heterocycles. The molecule has 0 spiro atoms. The van der Waals surface area contributed by atoms with Gasteiger partial charge in [-0.3, -0.25) is 4.98 Å². The molecule has 1 N–H and O–H groups in total. The maximum absolute atomic E-state index is 6.17. The summed E-state index contributed by atoms with van der Waals surface area (Å²) in [5.41, 5.74) is 0.850. The second-order valence-electron chi connectivity index (χ2n) is 4.51. The van der Waals surface area contributed by atoms with Crippen LogP contribution in [0, 0.1) is 0 Å². The standard InChI is InChI=1S/C14H15ClN2O.ClH/c15-12-3-4-13(14-11(12)2-1-7-17-14)18-10-5-8-16-9-6-10;/h1-4,7,10,16H,5-6,8-9H2;1H. The number of benzene rings is 1. The molecule has 0 atom stereocenters. The van der Waals surface area contributed by atoms with Crippen LogP contribution in [0.2, 0.25) is 5.02 Å². The van der Waals surface area contributed by atoms with E-state index in [-0.39, 0.29) is 18.5 Å². The zero-order valence-corrected chi connectivity index (χ0v) is 12.0. The van der Waals surface area contributed by atoms with E-state index < -0.39 is 0 Å². The van der Waals surface area contributed by atoms with Crippen LogP contribution in [0.5, 0.6) is 5.75 Å². The van der Waals surface area contributed by atoms with Gasteiger partial charge in [0, 0.05) is 11.6 Å². The van der Waals surface area contributed by atoms with Crippen molar-refractivity contribution in [3.63, 3.8) is 0 Å². The molecule has 1 aromatic heterocycles. The normalized spacial score (nSPS) is 16.1. The van der Waals surface area contributed by atoms with Crippen LogP contribution in [0.1, 0.15) is 12.8 Å². The Hall–Kier alpha value is -1.03. The van der Waals surface area contributed by atoms with Crippen molar-refractivity contribution >= 4 is 34.9 Å². The summed E-state index contributed by atoms with van der Waals surface area (Å²) in [6.07, 6.45) is 4.12. The van der Waals surface area contributed by atoms with Crippen LogP contribution in [0.3, 0.4) is 0 Å². The summed E-state index contributed by atoms with van der Waals surface area (Å²) in [6.45, 7) is 2.03. The van der Waals surface area contributed by atoms with E-state index in [4.69, 9.17) is 16.3 Å². The summed E-state index contributed by atoms with van der Waals surface area (Å²) in [7, 11) is 0. The third kappa shape index (κ3) is 3.11. The van der Waals surface area contributed by atoms with Crippen molar-refractivity contribution in [1.82, 2.24) is 10.3 Å². The first kappa shape index (κ1) is 14.4. The average Bonchev–Trinajstić information content (AvgIpc) is 2.44. The highest BCUT2D eigenvalue weighted by molar-refractivity contribution is 6.35. The number of nitrogens with one attached hydrogen (secondary N) is 1. The fourth-order valence-corrected chi connectivity index (χ4v) is 2.52. The van der Waals surface area contributed by atoms with Crippen LogP contribution >= 0.6 is 24.0 Å². The van der Waals surface area contributed by atoms with E-state index in [1.54, 1.807) is 6.20 Å². The third-order valence-electron chi connectivity index (χ3n) is 3.26. The number of ether oxygens (including phenoxy) is 1. The van der Waals surface area contributed by atoms with Gasteiger partial charge in [0.05, 0.1) is 5.02 Å². The second-order valence-corrected chi connectivity index (χ2v) is 4.92. The highest BCUT2D eigenvalue weighted by atomic mass is 35.5. The fourth-order valence-electron chi connectivity index (χ4n) is 2.30. The number of fused-ring (bicyclic) bond motifs is 1. The number of rotatable bonds is 2. The van der Waals surface area contributed by atoms with Crippen molar-refractivity contribution in [2.75, 3.05) is 13.1 Å². The Morgan fingerprint density at radius 2 is 2.00 bits per heavy atom. The van der Waals surface area contributed by atoms with Crippen LogP contribution in [0.15, 0.2) is 30.5 Å². The largest absolute Gasteiger partial charge is 0.488 e. The molecule has 1 saturated heterocycles. The Kier molecular flexibility index (Phi) is 4.86. The molecule has 2 aromatic rings. The minimum Gasteiger partial charge on any atom is -0.488 e. The van der Waals surface area contributed by atoms with E-state index in [0.717, 1.165) is 47.6 Å². The molecule has 3 rings (SSSR count). The average molecular weight is 299 g/mol. The minimum absolute atomic E-state index is 0. The molecule has 19 heavy (non-hydrogen) atoms. The summed E-state index contributed by atoms with van der Waals surface area (Å²) in [5, 5.41) is 5.00. The lowest BCUT2D eigenvalue weighted by molar-refractivity contribution is 0.164. The van der Waals surface area contributed by atoms with Crippen molar-refractivity contribution in [1.29, 1.82) is 0 Å². The number of nitrogens with zero attached hydrogens (tertiary/aromatic N) is 1. The molecule has 0 radical (unpaired) electrons. The van der Waals surface area contributed by atoms with E-state index in [0.29, 0.717) is 0 Å². The van der Waals surface area contributed by atoms with Crippen molar-refractivity contribution < 1.29 is 4.74 Å². The molecule has 0 aliphatic carbocycles. The second kappa shape index (κ2) is 6.42. The van der Waals surface area contributed by atoms with Crippen molar-refractivity contribution in [3.05, 3.63) is 35.5 Å². The Morgan fingerprint density at radius 3 is 2.79 bits per heavy atom. The molecule has 3 nitrogen and oxygen atoms in total. The topological polar surface area (TPSA) is 34.1 Å². The Morgan fingerprint density at radius 1 is 1.21 bits per heavy atom. The lowest BCUT2D eigenvalue weighted by atomic mass is 10.1. The molecule has 0 unspecified atom stereocenters. The fraction of sp³-hybridized carbons (Fsp3) is 0.357. The number of halogens is 2. The predicted molar refractivity (Wildman–Crippen MR) is 80.5 cm³/mol. The van der Waals surface area contributed by atoms with Gasteiger partial charge in [0.15, 0.2) is 0 Å². The number of piperidine rings is 1. The molecule has 1 aliphatic rings. The van der Waals surface area contributed by atoms with Gasteiger partial charge in [-0.05, 0) is 50.2 Å². The highest BCUT2D eigenvalue weighted by Gasteiger charge is 2.16. The maximum Gasteiger partial charge on any atom is 0.146 e. The van der Waals surface area contributed by atoms with Crippen LogP contribution in [-0.4, -0.2) is 24.2 Å². The van der Waals surface area contributed by atoms with Crippen molar-refractivity contribution in [2.24, 2.45) is 0 Å². The van der Waals surface area contributed by atoms with Crippen molar-refractivity contribution in [3.8, 4) is 5.75 Å². The van der Waals surface area contributed by atoms with E-state index in [9.17, 15) is 0 Å². The minimum atomic E-state index is 0. The first-order chi connectivity index (χ1) is 8.84. The first-order valence-electron chi connectivity index (χ1n) is 6.25. The lowest BCUT2D eigenvalue weighted by Gasteiger charge is -2.24. The zero-order valence-electron chi connectivity index (χ0n) is 10.4. The quantitative estimate of drug-likeness (QED) is 0.922. The molecular weight excluding hydrogens is 283 g/mol. The van der Waals surface area contributed by atoms with Crippen LogP contribution < -0.4 is 10.1 Å². The first-order valence-corrected chi connectivity index (χ1v) is 6.63. The van der Waals surface area contributed by atoms with Gasteiger partial charge in [0.25, 0.3) is 0 Å². The highest BCUT2D eigenvalue weighted by Crippen LogP contribution is 2.30. The number of aromatic nitrogens is 1. The number of hydrogen-bond acceptors (Lipinski definition) is 3. The molecule has 0 saturated carbocycles. The monoisotopic (exact) mass is 298 g/mol. The Balaban J connectivity index is 0.00000133. The third-order valence-corrected chi connectivity index (χ3v) is 3.59. The van der Waals surface area contributed by atoms with Crippen LogP contribution in [0.4, 0.5) is 0 Å². The predicted octanol–water partition coefficient (Wildman–Crippen LogP) is 3.44. The molecule has 0 amide bonds. The van der Waals surface area contributed by atoms with Gasteiger partial charge in [-0.25, -0.2) is 0 Å². The SMILES string of the molecule is Cl.Clc1ccc(OC2CCNCC2)c2ncccc12. The number of hydrogen-bond donors (Lipinski definition) is 1. The molecular formula is C14H16Cl2N2O. The molecule has 1 aromatic carbocycles. The van der Waals surface area contributed by atoms with E-state index in [1.807, 2.05) is 24.3 Å². The maximum atomic E-state index is 6.17. The summed E-state index contributed by atoms with van der Waals surface area (Å²) in [5.74, 6) is 0.835. The smallest absolute Gasteiger partial charge is 0.146 e. The van der Waals surface area contributed by atoms with Crippen molar-refractivity contribution in [2.45, 2.75) is 18.9 Å². The summed E-state index contributed by atoms with van der Waals surface area (Å²) in [6, 6.07) is 7.66. The van der Waals surface area contributed by atoms with Gasteiger partial charge >= 0.3 is 0 Å². The summed E-state index contributed by atoms with van der Waals surface area (Å²) in [4.78, 5) is 4.38. The molecule has 5 heteroatoms. The number of pyridine rings is 1. The van der Waals surface area contributed by atoms with Gasteiger partial charge in [-0.1, -0.05) is 11.6 Å². The molecule has 102 valence electrons. The van der Waals surface area contributed by atoms with E-state index in [2.05, 4.69) is 10.3 Å². The van der Waals surface area contributed by atoms with Crippen LogP contribution in [0.25, 0.3) is 10.9 Å². The zero-order chi connectivity index (χ0) is 12.4. The van der Waals surface area contributed by atoms with Gasteiger partial charge in [0.1, 0.15) is 17.4 Å².